The summed E-state index contributed by atoms with van der Waals surface area (Å²) in [5.74, 6) is 0.545. The maximum Gasteiger partial charge on any atom is 0.317 e. The molecule has 0 spiro atoms. The van der Waals surface area contributed by atoms with Crippen LogP contribution in [0, 0.1) is 11.8 Å². The summed E-state index contributed by atoms with van der Waals surface area (Å²) in [7, 11) is 3.43. The molecule has 2 N–H and O–H groups in total. The number of amides is 3. The zero-order chi connectivity index (χ0) is 18.1. The van der Waals surface area contributed by atoms with E-state index in [1.165, 1.54) is 4.90 Å². The smallest absolute Gasteiger partial charge is 0.317 e. The van der Waals surface area contributed by atoms with Gasteiger partial charge in [-0.05, 0) is 24.1 Å². The summed E-state index contributed by atoms with van der Waals surface area (Å²) in [5, 5.41) is 13.6. The average molecular weight is 344 g/mol. The van der Waals surface area contributed by atoms with Crippen LogP contribution < -0.4 is 5.32 Å². The van der Waals surface area contributed by atoms with Crippen molar-refractivity contribution in [2.75, 3.05) is 27.2 Å². The van der Waals surface area contributed by atoms with Crippen molar-refractivity contribution in [2.45, 2.75) is 19.9 Å². The fourth-order valence-electron chi connectivity index (χ4n) is 3.27. The van der Waals surface area contributed by atoms with Gasteiger partial charge in [0.05, 0.1) is 6.04 Å². The molecule has 1 fully saturated rings. The summed E-state index contributed by atoms with van der Waals surface area (Å²) in [4.78, 5) is 28.2. The summed E-state index contributed by atoms with van der Waals surface area (Å²) in [6, 6.07) is 5.12. The van der Waals surface area contributed by atoms with Gasteiger partial charge in [0.2, 0.25) is 0 Å². The van der Waals surface area contributed by atoms with E-state index in [1.54, 1.807) is 32.3 Å². The normalized spacial score (nSPS) is 20.3. The van der Waals surface area contributed by atoms with Crippen LogP contribution in [-0.2, 0) is 0 Å². The number of hydrogen-bond donors (Lipinski definition) is 2. The summed E-state index contributed by atoms with van der Waals surface area (Å²) >= 11 is 0. The Morgan fingerprint density at radius 2 is 1.96 bits per heavy atom. The molecule has 8 heteroatoms. The van der Waals surface area contributed by atoms with Gasteiger partial charge in [-0.1, -0.05) is 13.8 Å². The van der Waals surface area contributed by atoms with Crippen molar-refractivity contribution in [3.05, 3.63) is 23.8 Å². The van der Waals surface area contributed by atoms with Gasteiger partial charge in [0.25, 0.3) is 5.91 Å². The average Bonchev–Trinajstić information content (AvgIpc) is 3.19. The second-order valence-corrected chi connectivity index (χ2v) is 7.10. The molecule has 2 aromatic rings. The fraction of sp³-hybridized carbons (Fsp3) is 0.529. The number of hydrogen-bond acceptors (Lipinski definition) is 4. The molecule has 8 nitrogen and oxygen atoms in total. The zero-order valence-corrected chi connectivity index (χ0v) is 15.0. The van der Waals surface area contributed by atoms with Gasteiger partial charge in [-0.2, -0.15) is 15.4 Å². The Hall–Kier alpha value is -2.64. The third-order valence-electron chi connectivity index (χ3n) is 4.79. The van der Waals surface area contributed by atoms with Gasteiger partial charge >= 0.3 is 6.03 Å². The Morgan fingerprint density at radius 1 is 1.24 bits per heavy atom. The lowest BCUT2D eigenvalue weighted by Gasteiger charge is -2.24. The van der Waals surface area contributed by atoms with Crippen molar-refractivity contribution in [3.63, 3.8) is 0 Å². The molecule has 1 aliphatic rings. The topological polar surface area (TPSA) is 94.2 Å². The maximum absolute atomic E-state index is 12.9. The highest BCUT2D eigenvalue weighted by atomic mass is 16.2. The molecule has 2 unspecified atom stereocenters. The van der Waals surface area contributed by atoms with Crippen molar-refractivity contribution < 1.29 is 9.59 Å². The van der Waals surface area contributed by atoms with E-state index in [4.69, 9.17) is 0 Å². The Morgan fingerprint density at radius 3 is 2.64 bits per heavy atom. The molecule has 1 aliphatic heterocycles. The third-order valence-corrected chi connectivity index (χ3v) is 4.79. The van der Waals surface area contributed by atoms with Crippen LogP contribution in [0.5, 0.6) is 0 Å². The van der Waals surface area contributed by atoms with Crippen LogP contribution in [0.3, 0.4) is 0 Å². The molecule has 0 bridgehead atoms. The number of fused-ring (bicyclic) bond motifs is 1. The van der Waals surface area contributed by atoms with E-state index < -0.39 is 0 Å². The number of rotatable bonds is 3. The standard InChI is InChI=1S/C17H24N6O2/c1-10(2)12-8-23(9-15(12)18-17(25)22(3)4)16(24)11-5-6-13-14(7-11)20-21-19-13/h5-7,10,12,15H,8-9H2,1-4H3,(H,18,25)(H,19,20,21). The maximum atomic E-state index is 12.9. The molecule has 1 saturated heterocycles. The van der Waals surface area contributed by atoms with E-state index >= 15 is 0 Å². The number of urea groups is 1. The number of benzene rings is 1. The van der Waals surface area contributed by atoms with Gasteiger partial charge in [0.1, 0.15) is 11.0 Å². The van der Waals surface area contributed by atoms with Crippen LogP contribution in [0.1, 0.15) is 24.2 Å². The Kier molecular flexibility index (Phi) is 4.61. The number of aromatic nitrogens is 3. The highest BCUT2D eigenvalue weighted by molar-refractivity contribution is 5.97. The first-order valence-corrected chi connectivity index (χ1v) is 8.44. The molecule has 0 aliphatic carbocycles. The predicted octanol–water partition coefficient (Wildman–Crippen LogP) is 1.33. The molecule has 134 valence electrons. The van der Waals surface area contributed by atoms with Crippen molar-refractivity contribution in [2.24, 2.45) is 11.8 Å². The Balaban J connectivity index is 1.77. The molecule has 2 atom stereocenters. The second-order valence-electron chi connectivity index (χ2n) is 7.10. The lowest BCUT2D eigenvalue weighted by Crippen LogP contribution is -2.46. The van der Waals surface area contributed by atoms with E-state index in [1.807, 2.05) is 4.90 Å². The van der Waals surface area contributed by atoms with E-state index in [0.717, 1.165) is 5.52 Å². The number of carbonyl (C=O) groups excluding carboxylic acids is 2. The second kappa shape index (κ2) is 6.70. The highest BCUT2D eigenvalue weighted by Crippen LogP contribution is 2.26. The van der Waals surface area contributed by atoms with E-state index in [2.05, 4.69) is 34.6 Å². The van der Waals surface area contributed by atoms with Crippen molar-refractivity contribution in [1.82, 2.24) is 30.5 Å². The molecular formula is C17H24N6O2. The van der Waals surface area contributed by atoms with Crippen molar-refractivity contribution in [1.29, 1.82) is 0 Å². The van der Waals surface area contributed by atoms with E-state index in [9.17, 15) is 9.59 Å². The van der Waals surface area contributed by atoms with Crippen LogP contribution in [0.2, 0.25) is 0 Å². The lowest BCUT2D eigenvalue weighted by atomic mass is 9.91. The molecule has 1 aromatic heterocycles. The van der Waals surface area contributed by atoms with Crippen LogP contribution in [0.4, 0.5) is 4.79 Å². The number of aromatic amines is 1. The number of likely N-dealkylation sites (tertiary alicyclic amines) is 1. The number of nitrogens with one attached hydrogen (secondary N) is 2. The zero-order valence-electron chi connectivity index (χ0n) is 15.0. The van der Waals surface area contributed by atoms with Gasteiger partial charge in [-0.25, -0.2) is 4.79 Å². The molecule has 2 heterocycles. The highest BCUT2D eigenvalue weighted by Gasteiger charge is 2.38. The minimum atomic E-state index is -0.131. The first-order chi connectivity index (χ1) is 11.9. The molecule has 0 radical (unpaired) electrons. The monoisotopic (exact) mass is 344 g/mol. The third kappa shape index (κ3) is 3.42. The minimum absolute atomic E-state index is 0.0443. The lowest BCUT2D eigenvalue weighted by molar-refractivity contribution is 0.0782. The summed E-state index contributed by atoms with van der Waals surface area (Å²) in [5.41, 5.74) is 1.99. The molecule has 3 rings (SSSR count). The molecular weight excluding hydrogens is 320 g/mol. The van der Waals surface area contributed by atoms with Gasteiger partial charge in [0, 0.05) is 38.7 Å². The largest absolute Gasteiger partial charge is 0.336 e. The van der Waals surface area contributed by atoms with Gasteiger partial charge in [-0.3, -0.25) is 4.79 Å². The number of carbonyl (C=O) groups is 2. The van der Waals surface area contributed by atoms with E-state index in [0.29, 0.717) is 30.1 Å². The first-order valence-electron chi connectivity index (χ1n) is 8.44. The molecule has 3 amide bonds. The first kappa shape index (κ1) is 17.2. The molecule has 25 heavy (non-hydrogen) atoms. The van der Waals surface area contributed by atoms with Gasteiger partial charge in [-0.15, -0.1) is 0 Å². The van der Waals surface area contributed by atoms with Crippen LogP contribution in [0.25, 0.3) is 11.0 Å². The van der Waals surface area contributed by atoms with Crippen LogP contribution >= 0.6 is 0 Å². The fourth-order valence-corrected chi connectivity index (χ4v) is 3.27. The Labute approximate surface area is 146 Å². The molecule has 1 aromatic carbocycles. The van der Waals surface area contributed by atoms with E-state index in [-0.39, 0.29) is 23.9 Å². The van der Waals surface area contributed by atoms with Crippen LogP contribution in [-0.4, -0.2) is 70.4 Å². The summed E-state index contributed by atoms with van der Waals surface area (Å²) in [6.07, 6.45) is 0. The summed E-state index contributed by atoms with van der Waals surface area (Å²) in [6.45, 7) is 5.38. The van der Waals surface area contributed by atoms with Crippen molar-refractivity contribution in [3.8, 4) is 0 Å². The minimum Gasteiger partial charge on any atom is -0.336 e. The Bertz CT molecular complexity index is 784. The SMILES string of the molecule is CC(C)C1CN(C(=O)c2ccc3n[nH]nc3c2)CC1NC(=O)N(C)C. The van der Waals surface area contributed by atoms with Crippen LogP contribution in [0.15, 0.2) is 18.2 Å². The van der Waals surface area contributed by atoms with Gasteiger partial charge in [0.15, 0.2) is 0 Å². The van der Waals surface area contributed by atoms with Gasteiger partial charge < -0.3 is 15.1 Å². The van der Waals surface area contributed by atoms with Crippen molar-refractivity contribution >= 4 is 23.0 Å². The predicted molar refractivity (Wildman–Crippen MR) is 94.1 cm³/mol. The number of H-pyrrole nitrogens is 1. The molecule has 0 saturated carbocycles. The quantitative estimate of drug-likeness (QED) is 0.878. The number of nitrogens with zero attached hydrogens (tertiary/aromatic N) is 4. The summed E-state index contributed by atoms with van der Waals surface area (Å²) < 4.78 is 0.